The quantitative estimate of drug-likeness (QED) is 0.814. The first-order valence-electron chi connectivity index (χ1n) is 6.58. The van der Waals surface area contributed by atoms with E-state index in [4.69, 9.17) is 10.5 Å². The van der Waals surface area contributed by atoms with Gasteiger partial charge in [-0.1, -0.05) is 13.8 Å². The molecule has 0 aliphatic heterocycles. The van der Waals surface area contributed by atoms with Crippen LogP contribution in [-0.2, 0) is 0 Å². The van der Waals surface area contributed by atoms with Crippen LogP contribution < -0.4 is 15.8 Å². The Balaban J connectivity index is 2.72. The fourth-order valence-electron chi connectivity index (χ4n) is 1.87. The van der Waals surface area contributed by atoms with Crippen LogP contribution >= 0.6 is 0 Å². The van der Waals surface area contributed by atoms with E-state index in [1.807, 2.05) is 26.0 Å². The average molecular weight is 251 g/mol. The molecule has 0 radical (unpaired) electrons. The maximum Gasteiger partial charge on any atom is 0.239 e. The van der Waals surface area contributed by atoms with Crippen LogP contribution in [0.25, 0.3) is 0 Å². The van der Waals surface area contributed by atoms with Crippen LogP contribution in [-0.4, -0.2) is 17.1 Å². The number of ether oxygens (including phenoxy) is 1. The molecule has 3 N–H and O–H groups in total. The van der Waals surface area contributed by atoms with Gasteiger partial charge in [0.05, 0.1) is 11.8 Å². The number of pyridine rings is 1. The summed E-state index contributed by atoms with van der Waals surface area (Å²) in [7, 11) is 0. The smallest absolute Gasteiger partial charge is 0.239 e. The summed E-state index contributed by atoms with van der Waals surface area (Å²) in [6.45, 7) is 10.5. The Morgan fingerprint density at radius 3 is 2.44 bits per heavy atom. The summed E-state index contributed by atoms with van der Waals surface area (Å²) < 4.78 is 5.57. The summed E-state index contributed by atoms with van der Waals surface area (Å²) in [5.74, 6) is 1.98. The molecule has 1 atom stereocenters. The first kappa shape index (κ1) is 14.6. The maximum atomic E-state index is 5.83. The van der Waals surface area contributed by atoms with Gasteiger partial charge < -0.3 is 15.8 Å². The molecule has 0 spiro atoms. The second kappa shape index (κ2) is 6.47. The molecule has 0 saturated heterocycles. The number of nitrogens with zero attached hydrogens (tertiary/aromatic N) is 1. The van der Waals surface area contributed by atoms with Crippen LogP contribution in [0.3, 0.4) is 0 Å². The molecule has 1 aromatic heterocycles. The van der Waals surface area contributed by atoms with E-state index in [0.29, 0.717) is 23.5 Å². The van der Waals surface area contributed by atoms with Gasteiger partial charge in [0.15, 0.2) is 0 Å². The molecular weight excluding hydrogens is 226 g/mol. The van der Waals surface area contributed by atoms with Crippen molar-refractivity contribution in [3.05, 3.63) is 12.1 Å². The van der Waals surface area contributed by atoms with Gasteiger partial charge in [-0.05, 0) is 45.2 Å². The molecule has 0 fully saturated rings. The molecule has 0 aliphatic rings. The molecule has 0 aromatic carbocycles. The van der Waals surface area contributed by atoms with E-state index in [1.165, 1.54) is 0 Å². The third-order valence-electron chi connectivity index (χ3n) is 2.46. The molecule has 1 rings (SSSR count). The normalized spacial score (nSPS) is 12.8. The fourth-order valence-corrected chi connectivity index (χ4v) is 1.87. The second-order valence-corrected chi connectivity index (χ2v) is 5.43. The molecule has 102 valence electrons. The Morgan fingerprint density at radius 2 is 1.89 bits per heavy atom. The summed E-state index contributed by atoms with van der Waals surface area (Å²) in [6, 6.07) is 4.10. The van der Waals surface area contributed by atoms with E-state index in [1.54, 1.807) is 0 Å². The standard InChI is InChI=1S/C14H25N3O/c1-9(2)8-11(5)16-13-7-6-12(15)14(17-13)18-10(3)4/h6-7,9-11H,8,15H2,1-5H3,(H,16,17). The van der Waals surface area contributed by atoms with Crippen molar-refractivity contribution < 1.29 is 4.74 Å². The number of hydrogen-bond acceptors (Lipinski definition) is 4. The lowest BCUT2D eigenvalue weighted by Crippen LogP contribution is -2.18. The van der Waals surface area contributed by atoms with Crippen molar-refractivity contribution in [3.8, 4) is 5.88 Å². The van der Waals surface area contributed by atoms with Gasteiger partial charge in [-0.2, -0.15) is 4.98 Å². The van der Waals surface area contributed by atoms with Crippen LogP contribution in [0.15, 0.2) is 12.1 Å². The lowest BCUT2D eigenvalue weighted by molar-refractivity contribution is 0.234. The van der Waals surface area contributed by atoms with Gasteiger partial charge in [-0.25, -0.2) is 0 Å². The minimum atomic E-state index is 0.0723. The molecule has 0 aliphatic carbocycles. The second-order valence-electron chi connectivity index (χ2n) is 5.43. The zero-order chi connectivity index (χ0) is 13.7. The Labute approximate surface area is 110 Å². The number of nitrogens with one attached hydrogen (secondary N) is 1. The number of aromatic nitrogens is 1. The Hall–Kier alpha value is -1.45. The minimum absolute atomic E-state index is 0.0723. The Bertz CT molecular complexity index is 377. The van der Waals surface area contributed by atoms with Gasteiger partial charge in [-0.3, -0.25) is 0 Å². The third-order valence-corrected chi connectivity index (χ3v) is 2.46. The first-order chi connectivity index (χ1) is 8.38. The van der Waals surface area contributed by atoms with Crippen LogP contribution in [0.5, 0.6) is 5.88 Å². The van der Waals surface area contributed by atoms with Crippen LogP contribution in [0, 0.1) is 5.92 Å². The topological polar surface area (TPSA) is 60.2 Å². The van der Waals surface area contributed by atoms with Gasteiger partial charge in [0.2, 0.25) is 5.88 Å². The number of anilines is 2. The first-order valence-corrected chi connectivity index (χ1v) is 6.58. The average Bonchev–Trinajstić information content (AvgIpc) is 2.21. The van der Waals surface area contributed by atoms with Crippen LogP contribution in [0.1, 0.15) is 41.0 Å². The van der Waals surface area contributed by atoms with Crippen molar-refractivity contribution in [2.24, 2.45) is 5.92 Å². The minimum Gasteiger partial charge on any atom is -0.473 e. The highest BCUT2D eigenvalue weighted by atomic mass is 16.5. The number of nitrogen functional groups attached to an aromatic ring is 1. The zero-order valence-corrected chi connectivity index (χ0v) is 12.0. The summed E-state index contributed by atoms with van der Waals surface area (Å²) in [5.41, 5.74) is 6.41. The van der Waals surface area contributed by atoms with Crippen molar-refractivity contribution in [3.63, 3.8) is 0 Å². The molecule has 0 bridgehead atoms. The molecule has 4 nitrogen and oxygen atoms in total. The van der Waals surface area contributed by atoms with Gasteiger partial charge in [-0.15, -0.1) is 0 Å². The summed E-state index contributed by atoms with van der Waals surface area (Å²) in [4.78, 5) is 4.40. The number of hydrogen-bond donors (Lipinski definition) is 2. The van der Waals surface area contributed by atoms with E-state index in [0.717, 1.165) is 12.2 Å². The molecule has 1 unspecified atom stereocenters. The highest BCUT2D eigenvalue weighted by molar-refractivity contribution is 5.53. The van der Waals surface area contributed by atoms with E-state index in [2.05, 4.69) is 31.1 Å². The van der Waals surface area contributed by atoms with E-state index in [9.17, 15) is 0 Å². The SMILES string of the molecule is CC(C)CC(C)Nc1ccc(N)c(OC(C)C)n1. The molecule has 18 heavy (non-hydrogen) atoms. The predicted molar refractivity (Wildman–Crippen MR) is 77.0 cm³/mol. The Kier molecular flexibility index (Phi) is 5.25. The summed E-state index contributed by atoms with van der Waals surface area (Å²) in [5, 5.41) is 3.37. The number of rotatable bonds is 6. The fraction of sp³-hybridized carbons (Fsp3) is 0.643. The van der Waals surface area contributed by atoms with Crippen LogP contribution in [0.2, 0.25) is 0 Å². The van der Waals surface area contributed by atoms with E-state index in [-0.39, 0.29) is 6.10 Å². The molecule has 4 heteroatoms. The van der Waals surface area contributed by atoms with Crippen molar-refractivity contribution in [2.45, 2.75) is 53.2 Å². The zero-order valence-electron chi connectivity index (χ0n) is 12.0. The largest absolute Gasteiger partial charge is 0.473 e. The Morgan fingerprint density at radius 1 is 1.22 bits per heavy atom. The van der Waals surface area contributed by atoms with Crippen molar-refractivity contribution in [1.82, 2.24) is 4.98 Å². The van der Waals surface area contributed by atoms with Gasteiger partial charge >= 0.3 is 0 Å². The summed E-state index contributed by atoms with van der Waals surface area (Å²) >= 11 is 0. The van der Waals surface area contributed by atoms with Crippen molar-refractivity contribution in [2.75, 3.05) is 11.1 Å². The monoisotopic (exact) mass is 251 g/mol. The van der Waals surface area contributed by atoms with Crippen molar-refractivity contribution >= 4 is 11.5 Å². The van der Waals surface area contributed by atoms with Crippen molar-refractivity contribution in [1.29, 1.82) is 0 Å². The third kappa shape index (κ3) is 4.82. The van der Waals surface area contributed by atoms with E-state index >= 15 is 0 Å². The van der Waals surface area contributed by atoms with Gasteiger partial charge in [0.25, 0.3) is 0 Å². The van der Waals surface area contributed by atoms with Crippen LogP contribution in [0.4, 0.5) is 11.5 Å². The van der Waals surface area contributed by atoms with Gasteiger partial charge in [0, 0.05) is 6.04 Å². The number of nitrogens with two attached hydrogens (primary N) is 1. The highest BCUT2D eigenvalue weighted by Crippen LogP contribution is 2.22. The maximum absolute atomic E-state index is 5.83. The lowest BCUT2D eigenvalue weighted by Gasteiger charge is -2.18. The molecule has 1 aromatic rings. The predicted octanol–water partition coefficient (Wildman–Crippen LogP) is 3.30. The lowest BCUT2D eigenvalue weighted by atomic mass is 10.1. The molecule has 0 saturated carbocycles. The highest BCUT2D eigenvalue weighted by Gasteiger charge is 2.09. The molecule has 0 amide bonds. The summed E-state index contributed by atoms with van der Waals surface area (Å²) in [6.07, 6.45) is 1.18. The van der Waals surface area contributed by atoms with E-state index < -0.39 is 0 Å². The molecule has 1 heterocycles. The molecular formula is C14H25N3O. The van der Waals surface area contributed by atoms with Gasteiger partial charge in [0.1, 0.15) is 5.82 Å².